The van der Waals surface area contributed by atoms with Crippen molar-refractivity contribution < 1.29 is 19.7 Å². The number of nitrogens with zero attached hydrogens (tertiary/aromatic N) is 1. The van der Waals surface area contributed by atoms with E-state index in [0.29, 0.717) is 16.7 Å². The van der Waals surface area contributed by atoms with E-state index in [2.05, 4.69) is 4.98 Å². The summed E-state index contributed by atoms with van der Waals surface area (Å²) in [6.45, 7) is 0. The fraction of sp³-hybridized carbons (Fsp3) is 0.0909. The van der Waals surface area contributed by atoms with E-state index in [1.165, 1.54) is 31.5 Å². The molecule has 16 heavy (non-hydrogen) atoms. The van der Waals surface area contributed by atoms with Crippen LogP contribution in [0.5, 0.6) is 11.5 Å². The van der Waals surface area contributed by atoms with Crippen molar-refractivity contribution in [2.45, 2.75) is 0 Å². The Bertz CT molecular complexity index is 565. The van der Waals surface area contributed by atoms with Crippen LogP contribution in [0, 0.1) is 0 Å². The number of aromatic carboxylic acids is 1. The van der Waals surface area contributed by atoms with Crippen molar-refractivity contribution in [2.24, 2.45) is 0 Å². The number of ether oxygens (including phenoxy) is 1. The SMILES string of the molecule is COc1cc(C(=O)O)cc2cc(O)cnc12. The van der Waals surface area contributed by atoms with E-state index in [9.17, 15) is 9.90 Å². The molecule has 2 aromatic rings. The van der Waals surface area contributed by atoms with Crippen molar-refractivity contribution in [3.63, 3.8) is 0 Å². The molecule has 0 amide bonds. The molecule has 0 aliphatic heterocycles. The van der Waals surface area contributed by atoms with E-state index in [4.69, 9.17) is 9.84 Å². The van der Waals surface area contributed by atoms with Gasteiger partial charge in [0.1, 0.15) is 17.0 Å². The molecule has 2 N–H and O–H groups in total. The summed E-state index contributed by atoms with van der Waals surface area (Å²) < 4.78 is 5.05. The fourth-order valence-electron chi connectivity index (χ4n) is 1.48. The lowest BCUT2D eigenvalue weighted by molar-refractivity contribution is 0.0696. The van der Waals surface area contributed by atoms with Gasteiger partial charge in [-0.15, -0.1) is 0 Å². The molecular formula is C11H9NO4. The van der Waals surface area contributed by atoms with Crippen LogP contribution in [0.25, 0.3) is 10.9 Å². The molecule has 0 unspecified atom stereocenters. The number of carboxylic acids is 1. The average molecular weight is 219 g/mol. The van der Waals surface area contributed by atoms with Gasteiger partial charge in [0.25, 0.3) is 0 Å². The molecule has 0 spiro atoms. The second-order valence-electron chi connectivity index (χ2n) is 3.25. The predicted octanol–water partition coefficient (Wildman–Crippen LogP) is 1.65. The molecule has 5 heteroatoms. The Morgan fingerprint density at radius 3 is 2.75 bits per heavy atom. The van der Waals surface area contributed by atoms with Gasteiger partial charge in [-0.25, -0.2) is 9.78 Å². The third-order valence-electron chi connectivity index (χ3n) is 2.20. The van der Waals surface area contributed by atoms with Gasteiger partial charge in [0.2, 0.25) is 0 Å². The molecule has 82 valence electrons. The summed E-state index contributed by atoms with van der Waals surface area (Å²) in [6, 6.07) is 4.28. The van der Waals surface area contributed by atoms with Crippen molar-refractivity contribution in [3.8, 4) is 11.5 Å². The minimum absolute atomic E-state index is 0.0166. The van der Waals surface area contributed by atoms with Crippen LogP contribution in [0.3, 0.4) is 0 Å². The first-order valence-corrected chi connectivity index (χ1v) is 4.52. The van der Waals surface area contributed by atoms with E-state index in [-0.39, 0.29) is 11.3 Å². The number of aromatic nitrogens is 1. The monoisotopic (exact) mass is 219 g/mol. The Kier molecular flexibility index (Phi) is 2.36. The maximum Gasteiger partial charge on any atom is 0.335 e. The minimum Gasteiger partial charge on any atom is -0.506 e. The van der Waals surface area contributed by atoms with Gasteiger partial charge in [-0.2, -0.15) is 0 Å². The van der Waals surface area contributed by atoms with Crippen LogP contribution in [0.2, 0.25) is 0 Å². The lowest BCUT2D eigenvalue weighted by atomic mass is 10.1. The van der Waals surface area contributed by atoms with Crippen molar-refractivity contribution in [3.05, 3.63) is 30.0 Å². The highest BCUT2D eigenvalue weighted by atomic mass is 16.5. The first-order chi connectivity index (χ1) is 7.61. The summed E-state index contributed by atoms with van der Waals surface area (Å²) in [6.07, 6.45) is 1.28. The lowest BCUT2D eigenvalue weighted by Crippen LogP contribution is -1.98. The molecule has 1 aromatic carbocycles. The number of fused-ring (bicyclic) bond motifs is 1. The standard InChI is InChI=1S/C11H9NO4/c1-16-9-4-7(11(14)15)2-6-3-8(13)5-12-10(6)9/h2-5,13H,1H3,(H,14,15). The average Bonchev–Trinajstić information content (AvgIpc) is 2.26. The summed E-state index contributed by atoms with van der Waals surface area (Å²) in [5.41, 5.74) is 0.613. The smallest absolute Gasteiger partial charge is 0.335 e. The molecular weight excluding hydrogens is 210 g/mol. The summed E-state index contributed by atoms with van der Waals surface area (Å²) in [5.74, 6) is -0.699. The lowest BCUT2D eigenvalue weighted by Gasteiger charge is -2.06. The van der Waals surface area contributed by atoms with Gasteiger partial charge in [0.05, 0.1) is 18.9 Å². The van der Waals surface area contributed by atoms with Gasteiger partial charge < -0.3 is 14.9 Å². The Hall–Kier alpha value is -2.30. The Morgan fingerprint density at radius 2 is 2.12 bits per heavy atom. The number of methoxy groups -OCH3 is 1. The van der Waals surface area contributed by atoms with Crippen LogP contribution in [-0.2, 0) is 0 Å². The van der Waals surface area contributed by atoms with Crippen LogP contribution < -0.4 is 4.74 Å². The highest BCUT2D eigenvalue weighted by molar-refractivity contribution is 5.96. The van der Waals surface area contributed by atoms with Crippen LogP contribution in [0.1, 0.15) is 10.4 Å². The second-order valence-corrected chi connectivity index (χ2v) is 3.25. The van der Waals surface area contributed by atoms with Crippen LogP contribution in [-0.4, -0.2) is 28.3 Å². The molecule has 2 rings (SSSR count). The summed E-state index contributed by atoms with van der Waals surface area (Å²) in [5, 5.41) is 18.7. The normalized spacial score (nSPS) is 10.3. The quantitative estimate of drug-likeness (QED) is 0.802. The number of benzene rings is 1. The Balaban J connectivity index is 2.78. The Labute approximate surface area is 90.9 Å². The molecule has 1 aromatic heterocycles. The fourth-order valence-corrected chi connectivity index (χ4v) is 1.48. The molecule has 0 aliphatic rings. The summed E-state index contributed by atoms with van der Waals surface area (Å²) in [4.78, 5) is 14.8. The van der Waals surface area contributed by atoms with Gasteiger partial charge in [-0.05, 0) is 18.2 Å². The van der Waals surface area contributed by atoms with E-state index < -0.39 is 5.97 Å². The van der Waals surface area contributed by atoms with E-state index >= 15 is 0 Å². The molecule has 0 aliphatic carbocycles. The number of carboxylic acid groups (broad SMARTS) is 1. The number of hydrogen-bond donors (Lipinski definition) is 2. The van der Waals surface area contributed by atoms with Crippen molar-refractivity contribution >= 4 is 16.9 Å². The zero-order valence-corrected chi connectivity index (χ0v) is 8.47. The van der Waals surface area contributed by atoms with Gasteiger partial charge in [-0.1, -0.05) is 0 Å². The van der Waals surface area contributed by atoms with Gasteiger partial charge in [0.15, 0.2) is 0 Å². The molecule has 0 saturated heterocycles. The van der Waals surface area contributed by atoms with Gasteiger partial charge in [0, 0.05) is 5.39 Å². The molecule has 1 heterocycles. The van der Waals surface area contributed by atoms with E-state index in [1.54, 1.807) is 0 Å². The van der Waals surface area contributed by atoms with E-state index in [1.807, 2.05) is 0 Å². The van der Waals surface area contributed by atoms with Crippen molar-refractivity contribution in [1.29, 1.82) is 0 Å². The maximum atomic E-state index is 10.9. The van der Waals surface area contributed by atoms with Gasteiger partial charge >= 0.3 is 5.97 Å². The highest BCUT2D eigenvalue weighted by Crippen LogP contribution is 2.27. The zero-order chi connectivity index (χ0) is 11.7. The van der Waals surface area contributed by atoms with E-state index in [0.717, 1.165) is 0 Å². The molecule has 0 radical (unpaired) electrons. The third-order valence-corrected chi connectivity index (χ3v) is 2.20. The van der Waals surface area contributed by atoms with Crippen molar-refractivity contribution in [1.82, 2.24) is 4.98 Å². The highest BCUT2D eigenvalue weighted by Gasteiger charge is 2.10. The maximum absolute atomic E-state index is 10.9. The minimum atomic E-state index is -1.05. The molecule has 0 bridgehead atoms. The molecule has 0 atom stereocenters. The molecule has 5 nitrogen and oxygen atoms in total. The molecule has 0 fully saturated rings. The van der Waals surface area contributed by atoms with Gasteiger partial charge in [-0.3, -0.25) is 0 Å². The Morgan fingerprint density at radius 1 is 1.38 bits per heavy atom. The summed E-state index contributed by atoms with van der Waals surface area (Å²) in [7, 11) is 1.44. The van der Waals surface area contributed by atoms with Crippen LogP contribution >= 0.6 is 0 Å². The first kappa shape index (κ1) is 10.2. The topological polar surface area (TPSA) is 79.7 Å². The number of rotatable bonds is 2. The number of carbonyl (C=O) groups is 1. The van der Waals surface area contributed by atoms with Crippen LogP contribution in [0.4, 0.5) is 0 Å². The number of aromatic hydroxyl groups is 1. The van der Waals surface area contributed by atoms with Crippen molar-refractivity contribution in [2.75, 3.05) is 7.11 Å². The largest absolute Gasteiger partial charge is 0.506 e. The molecule has 0 saturated carbocycles. The number of hydrogen-bond acceptors (Lipinski definition) is 4. The first-order valence-electron chi connectivity index (χ1n) is 4.52. The number of pyridine rings is 1. The predicted molar refractivity (Wildman–Crippen MR) is 56.9 cm³/mol. The zero-order valence-electron chi connectivity index (χ0n) is 8.47. The summed E-state index contributed by atoms with van der Waals surface area (Å²) >= 11 is 0. The second kappa shape index (κ2) is 3.69. The third kappa shape index (κ3) is 1.63. The van der Waals surface area contributed by atoms with Crippen LogP contribution in [0.15, 0.2) is 24.4 Å².